The number of halogens is 1. The maximum Gasteiger partial charge on any atom is 0.128 e. The highest BCUT2D eigenvalue weighted by Crippen LogP contribution is 2.38. The first-order valence-corrected chi connectivity index (χ1v) is 9.12. The molecule has 0 fully saturated rings. The van der Waals surface area contributed by atoms with Crippen molar-refractivity contribution in [1.82, 2.24) is 9.97 Å². The van der Waals surface area contributed by atoms with Crippen LogP contribution in [0.3, 0.4) is 0 Å². The molecule has 0 unspecified atom stereocenters. The predicted molar refractivity (Wildman–Crippen MR) is 93.0 cm³/mol. The van der Waals surface area contributed by atoms with E-state index < -0.39 is 0 Å². The van der Waals surface area contributed by atoms with Gasteiger partial charge in [0, 0.05) is 10.9 Å². The highest BCUT2D eigenvalue weighted by atomic mass is 32.2. The van der Waals surface area contributed by atoms with E-state index >= 15 is 0 Å². The Balaban J connectivity index is 1.99. The Bertz CT molecular complexity index is 766. The van der Waals surface area contributed by atoms with Crippen molar-refractivity contribution < 1.29 is 4.39 Å². The highest BCUT2D eigenvalue weighted by molar-refractivity contribution is 7.99. The molecule has 0 radical (unpaired) electrons. The van der Waals surface area contributed by atoms with Crippen molar-refractivity contribution in [3.05, 3.63) is 41.8 Å². The Kier molecular flexibility index (Phi) is 4.74. The standard InChI is InChI=1S/C17H17FN2S2/c1-11(2)7-8-21-16-15-14(9-22-17(15)20-10-19-16)12-3-5-13(18)6-4-12/h3-6,9-11H,7-8H2,1-2H3. The van der Waals surface area contributed by atoms with E-state index in [4.69, 9.17) is 0 Å². The van der Waals surface area contributed by atoms with Gasteiger partial charge in [-0.25, -0.2) is 14.4 Å². The van der Waals surface area contributed by atoms with Gasteiger partial charge in [0.15, 0.2) is 0 Å². The minimum atomic E-state index is -0.217. The molecule has 2 aromatic heterocycles. The second-order valence-corrected chi connectivity index (χ2v) is 7.49. The van der Waals surface area contributed by atoms with E-state index in [-0.39, 0.29) is 5.82 Å². The molecule has 0 saturated heterocycles. The second-order valence-electron chi connectivity index (χ2n) is 5.55. The summed E-state index contributed by atoms with van der Waals surface area (Å²) in [5.74, 6) is 1.51. The molecule has 114 valence electrons. The Labute approximate surface area is 137 Å². The molecule has 2 nitrogen and oxygen atoms in total. The number of hydrogen-bond donors (Lipinski definition) is 0. The number of fused-ring (bicyclic) bond motifs is 1. The number of nitrogens with zero attached hydrogens (tertiary/aromatic N) is 2. The van der Waals surface area contributed by atoms with Crippen LogP contribution in [0.4, 0.5) is 4.39 Å². The van der Waals surface area contributed by atoms with Gasteiger partial charge >= 0.3 is 0 Å². The normalized spacial score (nSPS) is 11.5. The summed E-state index contributed by atoms with van der Waals surface area (Å²) >= 11 is 3.39. The van der Waals surface area contributed by atoms with Crippen molar-refractivity contribution in [3.8, 4) is 11.1 Å². The summed E-state index contributed by atoms with van der Waals surface area (Å²) < 4.78 is 13.1. The van der Waals surface area contributed by atoms with Crippen LogP contribution in [0.25, 0.3) is 21.3 Å². The molecular weight excluding hydrogens is 315 g/mol. The second kappa shape index (κ2) is 6.75. The molecule has 0 bridgehead atoms. The molecule has 0 aliphatic rings. The Morgan fingerprint density at radius 2 is 1.95 bits per heavy atom. The van der Waals surface area contributed by atoms with Gasteiger partial charge in [-0.3, -0.25) is 0 Å². The summed E-state index contributed by atoms with van der Waals surface area (Å²) in [5.41, 5.74) is 2.10. The predicted octanol–water partition coefficient (Wildman–Crippen LogP) is 5.64. The topological polar surface area (TPSA) is 25.8 Å². The van der Waals surface area contributed by atoms with Gasteiger partial charge < -0.3 is 0 Å². The summed E-state index contributed by atoms with van der Waals surface area (Å²) in [6.45, 7) is 4.45. The fourth-order valence-corrected chi connectivity index (χ4v) is 4.43. The van der Waals surface area contributed by atoms with Crippen LogP contribution in [-0.2, 0) is 0 Å². The van der Waals surface area contributed by atoms with Crippen LogP contribution < -0.4 is 0 Å². The molecule has 0 saturated carbocycles. The maximum atomic E-state index is 13.1. The third-order valence-electron chi connectivity index (χ3n) is 3.42. The lowest BCUT2D eigenvalue weighted by Crippen LogP contribution is -1.92. The molecule has 2 heterocycles. The molecule has 0 spiro atoms. The number of benzene rings is 1. The molecule has 3 rings (SSSR count). The van der Waals surface area contributed by atoms with Crippen molar-refractivity contribution in [1.29, 1.82) is 0 Å². The van der Waals surface area contributed by atoms with E-state index in [1.165, 1.54) is 12.1 Å². The number of hydrogen-bond acceptors (Lipinski definition) is 4. The minimum absolute atomic E-state index is 0.217. The van der Waals surface area contributed by atoms with E-state index in [2.05, 4.69) is 29.2 Å². The SMILES string of the molecule is CC(C)CCSc1ncnc2scc(-c3ccc(F)cc3)c12. The van der Waals surface area contributed by atoms with Crippen molar-refractivity contribution in [2.24, 2.45) is 5.92 Å². The minimum Gasteiger partial charge on any atom is -0.229 e. The molecule has 22 heavy (non-hydrogen) atoms. The van der Waals surface area contributed by atoms with Gasteiger partial charge in [0.1, 0.15) is 22.0 Å². The molecule has 0 N–H and O–H groups in total. The summed E-state index contributed by atoms with van der Waals surface area (Å²) in [6, 6.07) is 6.61. The molecule has 0 atom stereocenters. The van der Waals surface area contributed by atoms with E-state index in [1.54, 1.807) is 29.4 Å². The Morgan fingerprint density at radius 1 is 1.18 bits per heavy atom. The zero-order valence-corrected chi connectivity index (χ0v) is 14.2. The van der Waals surface area contributed by atoms with Gasteiger partial charge in [-0.05, 0) is 35.8 Å². The van der Waals surface area contributed by atoms with Crippen LogP contribution >= 0.6 is 23.1 Å². The molecule has 0 amide bonds. The monoisotopic (exact) mass is 332 g/mol. The zero-order chi connectivity index (χ0) is 15.5. The lowest BCUT2D eigenvalue weighted by Gasteiger charge is -2.06. The van der Waals surface area contributed by atoms with Gasteiger partial charge in [-0.2, -0.15) is 0 Å². The van der Waals surface area contributed by atoms with Gasteiger partial charge in [-0.1, -0.05) is 26.0 Å². The smallest absolute Gasteiger partial charge is 0.128 e. The molecule has 1 aromatic carbocycles. The van der Waals surface area contributed by atoms with Crippen molar-refractivity contribution in [2.45, 2.75) is 25.3 Å². The van der Waals surface area contributed by atoms with Gasteiger partial charge in [-0.15, -0.1) is 23.1 Å². The highest BCUT2D eigenvalue weighted by Gasteiger charge is 2.13. The van der Waals surface area contributed by atoms with Crippen molar-refractivity contribution in [2.75, 3.05) is 5.75 Å². The quantitative estimate of drug-likeness (QED) is 0.447. The van der Waals surface area contributed by atoms with E-state index in [1.807, 2.05) is 12.1 Å². The van der Waals surface area contributed by atoms with Crippen LogP contribution in [0.5, 0.6) is 0 Å². The lowest BCUT2D eigenvalue weighted by molar-refractivity contribution is 0.628. The third kappa shape index (κ3) is 3.31. The van der Waals surface area contributed by atoms with Crippen LogP contribution in [0, 0.1) is 11.7 Å². The van der Waals surface area contributed by atoms with Crippen LogP contribution in [0.2, 0.25) is 0 Å². The Hall–Kier alpha value is -1.46. The van der Waals surface area contributed by atoms with E-state index in [0.29, 0.717) is 5.92 Å². The fraction of sp³-hybridized carbons (Fsp3) is 0.294. The summed E-state index contributed by atoms with van der Waals surface area (Å²) in [6.07, 6.45) is 2.79. The largest absolute Gasteiger partial charge is 0.229 e. The van der Waals surface area contributed by atoms with Crippen LogP contribution in [0.15, 0.2) is 41.0 Å². The number of aromatic nitrogens is 2. The maximum absolute atomic E-state index is 13.1. The van der Waals surface area contributed by atoms with Gasteiger partial charge in [0.05, 0.1) is 5.39 Å². The van der Waals surface area contributed by atoms with Crippen LogP contribution in [0.1, 0.15) is 20.3 Å². The first kappa shape index (κ1) is 15.4. The third-order valence-corrected chi connectivity index (χ3v) is 5.33. The Morgan fingerprint density at radius 3 is 2.68 bits per heavy atom. The van der Waals surface area contributed by atoms with Gasteiger partial charge in [0.2, 0.25) is 0 Å². The van der Waals surface area contributed by atoms with Crippen LogP contribution in [-0.4, -0.2) is 15.7 Å². The van der Waals surface area contributed by atoms with E-state index in [9.17, 15) is 4.39 Å². The van der Waals surface area contributed by atoms with Crippen molar-refractivity contribution >= 4 is 33.3 Å². The van der Waals surface area contributed by atoms with Gasteiger partial charge in [0.25, 0.3) is 0 Å². The fourth-order valence-electron chi connectivity index (χ4n) is 2.19. The summed E-state index contributed by atoms with van der Waals surface area (Å²) in [5, 5.41) is 4.19. The molecular formula is C17H17FN2S2. The number of thioether (sulfide) groups is 1. The lowest BCUT2D eigenvalue weighted by atomic mass is 10.1. The number of rotatable bonds is 5. The molecule has 3 aromatic rings. The first-order valence-electron chi connectivity index (χ1n) is 7.26. The van der Waals surface area contributed by atoms with Crippen molar-refractivity contribution in [3.63, 3.8) is 0 Å². The first-order chi connectivity index (χ1) is 10.6. The molecule has 5 heteroatoms. The number of thiophene rings is 1. The summed E-state index contributed by atoms with van der Waals surface area (Å²) in [4.78, 5) is 9.82. The average Bonchev–Trinajstić information content (AvgIpc) is 2.93. The average molecular weight is 332 g/mol. The zero-order valence-electron chi connectivity index (χ0n) is 12.5. The van der Waals surface area contributed by atoms with E-state index in [0.717, 1.165) is 38.5 Å². The summed E-state index contributed by atoms with van der Waals surface area (Å²) in [7, 11) is 0. The molecule has 0 aliphatic heterocycles. The molecule has 0 aliphatic carbocycles.